The van der Waals surface area contributed by atoms with Crippen LogP contribution in [0.3, 0.4) is 0 Å². The second-order valence-corrected chi connectivity index (χ2v) is 4.34. The van der Waals surface area contributed by atoms with Crippen molar-refractivity contribution >= 4 is 5.97 Å². The van der Waals surface area contributed by atoms with Crippen molar-refractivity contribution in [2.45, 2.75) is 25.9 Å². The summed E-state index contributed by atoms with van der Waals surface area (Å²) in [6, 6.07) is 6.66. The molecule has 0 aliphatic heterocycles. The molecule has 0 saturated heterocycles. The smallest absolute Gasteiger partial charge is 0.338 e. The van der Waals surface area contributed by atoms with Crippen LogP contribution in [0.4, 0.5) is 4.39 Å². The molecule has 3 nitrogen and oxygen atoms in total. The summed E-state index contributed by atoms with van der Waals surface area (Å²) in [5, 5.41) is 0. The standard InChI is InChI=1S/C13H17FO3/c1-13(2,14)7-8-17-12(15)10-5-4-6-11(9-10)16-3/h4-6,9H,7-8H2,1-3H3. The van der Waals surface area contributed by atoms with Gasteiger partial charge in [-0.1, -0.05) is 6.07 Å². The number of alkyl halides is 1. The highest BCUT2D eigenvalue weighted by molar-refractivity contribution is 5.89. The number of ether oxygens (including phenoxy) is 2. The van der Waals surface area contributed by atoms with Gasteiger partial charge in [-0.3, -0.25) is 0 Å². The van der Waals surface area contributed by atoms with Crippen LogP contribution in [0.25, 0.3) is 0 Å². The monoisotopic (exact) mass is 240 g/mol. The molecule has 0 spiro atoms. The van der Waals surface area contributed by atoms with Gasteiger partial charge in [0.25, 0.3) is 0 Å². The molecule has 4 heteroatoms. The predicted molar refractivity (Wildman–Crippen MR) is 63.1 cm³/mol. The molecule has 0 aromatic heterocycles. The molecule has 0 bridgehead atoms. The highest BCUT2D eigenvalue weighted by Crippen LogP contribution is 2.16. The van der Waals surface area contributed by atoms with Gasteiger partial charge in [0.15, 0.2) is 0 Å². The van der Waals surface area contributed by atoms with Crippen molar-refractivity contribution in [3.05, 3.63) is 29.8 Å². The Balaban J connectivity index is 2.52. The number of carbonyl (C=O) groups excluding carboxylic acids is 1. The third-order valence-corrected chi connectivity index (χ3v) is 2.24. The number of halogens is 1. The van der Waals surface area contributed by atoms with Gasteiger partial charge in [-0.25, -0.2) is 9.18 Å². The first-order valence-corrected chi connectivity index (χ1v) is 5.42. The fraction of sp³-hybridized carbons (Fsp3) is 0.462. The maximum Gasteiger partial charge on any atom is 0.338 e. The van der Waals surface area contributed by atoms with E-state index in [1.54, 1.807) is 24.3 Å². The summed E-state index contributed by atoms with van der Waals surface area (Å²) < 4.78 is 23.1. The SMILES string of the molecule is COc1cccc(C(=O)OCCC(C)(C)F)c1. The van der Waals surface area contributed by atoms with Crippen LogP contribution in [0.15, 0.2) is 24.3 Å². The van der Waals surface area contributed by atoms with Crippen LogP contribution < -0.4 is 4.74 Å². The molecule has 1 rings (SSSR count). The van der Waals surface area contributed by atoms with E-state index in [2.05, 4.69) is 0 Å². The lowest BCUT2D eigenvalue weighted by Gasteiger charge is -2.13. The van der Waals surface area contributed by atoms with E-state index in [4.69, 9.17) is 9.47 Å². The summed E-state index contributed by atoms with van der Waals surface area (Å²) in [6.45, 7) is 2.97. The zero-order valence-electron chi connectivity index (χ0n) is 10.3. The van der Waals surface area contributed by atoms with Crippen LogP contribution in [0.1, 0.15) is 30.6 Å². The molecule has 0 unspecified atom stereocenters. The molecule has 0 aliphatic rings. The van der Waals surface area contributed by atoms with Crippen molar-refractivity contribution in [2.75, 3.05) is 13.7 Å². The summed E-state index contributed by atoms with van der Waals surface area (Å²) in [5.41, 5.74) is -0.921. The number of hydrogen-bond donors (Lipinski definition) is 0. The highest BCUT2D eigenvalue weighted by Gasteiger charge is 2.16. The topological polar surface area (TPSA) is 35.5 Å². The molecule has 1 aromatic carbocycles. The Morgan fingerprint density at radius 2 is 2.12 bits per heavy atom. The Hall–Kier alpha value is -1.58. The Labute approximate surface area is 101 Å². The third kappa shape index (κ3) is 4.85. The maximum atomic E-state index is 13.1. The second-order valence-electron chi connectivity index (χ2n) is 4.34. The van der Waals surface area contributed by atoms with Crippen LogP contribution in [-0.2, 0) is 4.74 Å². The maximum absolute atomic E-state index is 13.1. The molecule has 94 valence electrons. The number of hydrogen-bond acceptors (Lipinski definition) is 3. The van der Waals surface area contributed by atoms with Gasteiger partial charge >= 0.3 is 5.97 Å². The zero-order valence-corrected chi connectivity index (χ0v) is 10.3. The van der Waals surface area contributed by atoms with Crippen molar-refractivity contribution in [1.29, 1.82) is 0 Å². The van der Waals surface area contributed by atoms with Crippen LogP contribution >= 0.6 is 0 Å². The first-order chi connectivity index (χ1) is 7.92. The van der Waals surface area contributed by atoms with Gasteiger partial charge in [-0.05, 0) is 32.0 Å². The number of carbonyl (C=O) groups is 1. The molecule has 0 fully saturated rings. The summed E-state index contributed by atoms with van der Waals surface area (Å²) in [7, 11) is 1.52. The fourth-order valence-corrected chi connectivity index (χ4v) is 1.22. The van der Waals surface area contributed by atoms with E-state index in [9.17, 15) is 9.18 Å². The van der Waals surface area contributed by atoms with E-state index in [0.29, 0.717) is 11.3 Å². The molecule has 17 heavy (non-hydrogen) atoms. The molecule has 0 N–H and O–H groups in total. The van der Waals surface area contributed by atoms with Gasteiger partial charge in [-0.2, -0.15) is 0 Å². The van der Waals surface area contributed by atoms with Crippen molar-refractivity contribution in [3.8, 4) is 5.75 Å². The van der Waals surface area contributed by atoms with Gasteiger partial charge in [0.2, 0.25) is 0 Å². The first-order valence-electron chi connectivity index (χ1n) is 5.42. The van der Waals surface area contributed by atoms with E-state index in [0.717, 1.165) is 0 Å². The summed E-state index contributed by atoms with van der Waals surface area (Å²) >= 11 is 0. The van der Waals surface area contributed by atoms with Crippen LogP contribution in [0.5, 0.6) is 5.75 Å². The fourth-order valence-electron chi connectivity index (χ4n) is 1.22. The number of rotatable bonds is 5. The summed E-state index contributed by atoms with van der Waals surface area (Å²) in [5.74, 6) is 0.124. The van der Waals surface area contributed by atoms with Gasteiger partial charge < -0.3 is 9.47 Å². The molecule has 0 amide bonds. The van der Waals surface area contributed by atoms with E-state index < -0.39 is 11.6 Å². The van der Waals surface area contributed by atoms with Crippen molar-refractivity contribution in [3.63, 3.8) is 0 Å². The van der Waals surface area contributed by atoms with Gasteiger partial charge in [0.05, 0.1) is 19.3 Å². The molecule has 0 heterocycles. The molecular formula is C13H17FO3. The Morgan fingerprint density at radius 3 is 2.71 bits per heavy atom. The second kappa shape index (κ2) is 5.66. The number of esters is 1. The number of benzene rings is 1. The lowest BCUT2D eigenvalue weighted by molar-refractivity contribution is 0.0432. The minimum atomic E-state index is -1.32. The molecular weight excluding hydrogens is 223 g/mol. The van der Waals surface area contributed by atoms with Crippen LogP contribution in [-0.4, -0.2) is 25.4 Å². The van der Waals surface area contributed by atoms with Crippen molar-refractivity contribution < 1.29 is 18.7 Å². The number of methoxy groups -OCH3 is 1. The van der Waals surface area contributed by atoms with Gasteiger partial charge in [0.1, 0.15) is 11.4 Å². The highest BCUT2D eigenvalue weighted by atomic mass is 19.1. The summed E-state index contributed by atoms with van der Waals surface area (Å²) in [6.07, 6.45) is 0.183. The Bertz CT molecular complexity index is 382. The van der Waals surface area contributed by atoms with Crippen LogP contribution in [0, 0.1) is 0 Å². The minimum absolute atomic E-state index is 0.0690. The average molecular weight is 240 g/mol. The third-order valence-electron chi connectivity index (χ3n) is 2.24. The first kappa shape index (κ1) is 13.5. The Morgan fingerprint density at radius 1 is 1.41 bits per heavy atom. The Kier molecular flexibility index (Phi) is 4.49. The van der Waals surface area contributed by atoms with E-state index >= 15 is 0 Å². The van der Waals surface area contributed by atoms with Crippen molar-refractivity contribution in [1.82, 2.24) is 0 Å². The predicted octanol–water partition coefficient (Wildman–Crippen LogP) is 2.99. The lowest BCUT2D eigenvalue weighted by Crippen LogP contribution is -2.17. The normalized spacial score (nSPS) is 11.1. The van der Waals surface area contributed by atoms with Crippen LogP contribution in [0.2, 0.25) is 0 Å². The average Bonchev–Trinajstić information content (AvgIpc) is 2.27. The molecule has 0 saturated carbocycles. The molecule has 0 aliphatic carbocycles. The van der Waals surface area contributed by atoms with Gasteiger partial charge in [-0.15, -0.1) is 0 Å². The quantitative estimate of drug-likeness (QED) is 0.742. The largest absolute Gasteiger partial charge is 0.497 e. The van der Waals surface area contributed by atoms with E-state index in [-0.39, 0.29) is 13.0 Å². The molecule has 0 atom stereocenters. The summed E-state index contributed by atoms with van der Waals surface area (Å²) in [4.78, 5) is 11.6. The van der Waals surface area contributed by atoms with Crippen molar-refractivity contribution in [2.24, 2.45) is 0 Å². The zero-order chi connectivity index (χ0) is 12.9. The molecule has 1 aromatic rings. The minimum Gasteiger partial charge on any atom is -0.497 e. The molecule has 0 radical (unpaired) electrons. The van der Waals surface area contributed by atoms with E-state index in [1.165, 1.54) is 21.0 Å². The van der Waals surface area contributed by atoms with E-state index in [1.807, 2.05) is 0 Å². The lowest BCUT2D eigenvalue weighted by atomic mass is 10.1. The van der Waals surface area contributed by atoms with Gasteiger partial charge in [0, 0.05) is 6.42 Å².